The molecule has 0 radical (unpaired) electrons. The number of aromatic nitrogens is 2. The molecule has 1 aliphatic heterocycles. The van der Waals surface area contributed by atoms with Crippen LogP contribution in [0.3, 0.4) is 0 Å². The van der Waals surface area contributed by atoms with Crippen LogP contribution in [0.15, 0.2) is 58.1 Å². The first-order chi connectivity index (χ1) is 16.6. The van der Waals surface area contributed by atoms with Gasteiger partial charge in [-0.25, -0.2) is 9.59 Å². The molecule has 11 nitrogen and oxygen atoms in total. The van der Waals surface area contributed by atoms with Crippen LogP contribution in [0.25, 0.3) is 0 Å². The number of benzene rings is 2. The van der Waals surface area contributed by atoms with Crippen molar-refractivity contribution in [2.75, 3.05) is 12.3 Å². The Kier molecular flexibility index (Phi) is 5.91. The quantitative estimate of drug-likeness (QED) is 0.307. The van der Waals surface area contributed by atoms with Crippen LogP contribution in [-0.4, -0.2) is 44.2 Å². The topological polar surface area (TPSA) is 151 Å². The van der Waals surface area contributed by atoms with Gasteiger partial charge in [0.1, 0.15) is 11.4 Å². The van der Waals surface area contributed by atoms with Gasteiger partial charge >= 0.3 is 11.7 Å². The van der Waals surface area contributed by atoms with E-state index in [-0.39, 0.29) is 17.9 Å². The molecule has 0 spiro atoms. The second-order valence-electron chi connectivity index (χ2n) is 7.91. The molecule has 3 aromatic rings. The molecule has 0 atom stereocenters. The fourth-order valence-corrected chi connectivity index (χ4v) is 3.77. The Balaban J connectivity index is 1.48. The van der Waals surface area contributed by atoms with E-state index in [1.165, 1.54) is 26.2 Å². The molecule has 11 heteroatoms. The van der Waals surface area contributed by atoms with Gasteiger partial charge in [-0.15, -0.1) is 0 Å². The number of nitrogens with zero attached hydrogens (tertiary/aromatic N) is 3. The van der Waals surface area contributed by atoms with Crippen LogP contribution in [0.4, 0.5) is 5.82 Å². The molecule has 0 fully saturated rings. The number of hydrogen-bond acceptors (Lipinski definition) is 8. The molecule has 35 heavy (non-hydrogen) atoms. The number of nitrogen functional groups attached to an aromatic ring is 1. The zero-order valence-corrected chi connectivity index (χ0v) is 18.8. The zero-order valence-electron chi connectivity index (χ0n) is 18.8. The predicted molar refractivity (Wildman–Crippen MR) is 123 cm³/mol. The number of ether oxygens (including phenoxy) is 1. The van der Waals surface area contributed by atoms with E-state index in [1.807, 2.05) is 0 Å². The lowest BCUT2D eigenvalue weighted by atomic mass is 10.1. The van der Waals surface area contributed by atoms with Crippen LogP contribution in [-0.2, 0) is 25.4 Å². The maximum absolute atomic E-state index is 12.6. The van der Waals surface area contributed by atoms with E-state index in [1.54, 1.807) is 36.4 Å². The smallest absolute Gasteiger partial charge is 0.338 e. The van der Waals surface area contributed by atoms with Gasteiger partial charge in [0.25, 0.3) is 17.4 Å². The number of Topliss-reactive ketones (excluding diaryl/α,β-unsaturated/α-hetero) is 1. The zero-order chi connectivity index (χ0) is 25.4. The number of fused-ring (bicyclic) bond motifs is 1. The van der Waals surface area contributed by atoms with Gasteiger partial charge in [0.2, 0.25) is 5.78 Å². The second-order valence-corrected chi connectivity index (χ2v) is 7.91. The average molecular weight is 476 g/mol. The Bertz CT molecular complexity index is 1500. The van der Waals surface area contributed by atoms with Crippen molar-refractivity contribution >= 4 is 29.4 Å². The number of anilines is 1. The number of amides is 2. The molecule has 0 saturated heterocycles. The Morgan fingerprint density at radius 2 is 1.51 bits per heavy atom. The molecule has 4 rings (SSSR count). The van der Waals surface area contributed by atoms with Crippen LogP contribution < -0.4 is 17.0 Å². The van der Waals surface area contributed by atoms with Crippen molar-refractivity contribution in [1.82, 2.24) is 14.0 Å². The summed E-state index contributed by atoms with van der Waals surface area (Å²) in [5.41, 5.74) is 4.91. The minimum atomic E-state index is -0.894. The first-order valence-electron chi connectivity index (χ1n) is 10.4. The summed E-state index contributed by atoms with van der Waals surface area (Å²) in [6, 6.07) is 12.6. The number of carbonyl (C=O) groups excluding carboxylic acids is 4. The number of hydrogen-bond donors (Lipinski definition) is 1. The predicted octanol–water partition coefficient (Wildman–Crippen LogP) is 0.502. The third-order valence-corrected chi connectivity index (χ3v) is 5.70. The van der Waals surface area contributed by atoms with Gasteiger partial charge in [-0.05, 0) is 29.8 Å². The minimum Gasteiger partial charge on any atom is -0.454 e. The van der Waals surface area contributed by atoms with Crippen molar-refractivity contribution in [1.29, 1.82) is 0 Å². The van der Waals surface area contributed by atoms with E-state index in [9.17, 15) is 28.8 Å². The summed E-state index contributed by atoms with van der Waals surface area (Å²) in [7, 11) is 2.51. The molecule has 0 unspecified atom stereocenters. The SMILES string of the molecule is Cn1c(N)c(C(=O)COC(=O)c2cccc(CN3C(=O)c4ccccc4C3=O)c2)c(=O)n(C)c1=O. The van der Waals surface area contributed by atoms with Crippen LogP contribution in [0.2, 0.25) is 0 Å². The van der Waals surface area contributed by atoms with Crippen molar-refractivity contribution in [2.45, 2.75) is 6.54 Å². The Morgan fingerprint density at radius 3 is 2.14 bits per heavy atom. The molecule has 2 aromatic carbocycles. The standard InChI is InChI=1S/C24H20N4O7/c1-26-19(25)18(22(32)27(2)24(26)34)17(29)12-35-23(33)14-7-5-6-13(10-14)11-28-20(30)15-8-3-4-9-16(15)21(28)31/h3-10H,11-12,25H2,1-2H3. The fraction of sp³-hybridized carbons (Fsp3) is 0.167. The molecule has 2 N–H and O–H groups in total. The molecule has 1 aliphatic rings. The summed E-state index contributed by atoms with van der Waals surface area (Å²) in [6.07, 6.45) is 0. The van der Waals surface area contributed by atoms with Crippen molar-refractivity contribution in [3.05, 3.63) is 97.2 Å². The molecule has 0 aliphatic carbocycles. The van der Waals surface area contributed by atoms with E-state index >= 15 is 0 Å². The Morgan fingerprint density at radius 1 is 0.886 bits per heavy atom. The van der Waals surface area contributed by atoms with Crippen molar-refractivity contribution in [3.8, 4) is 0 Å². The molecule has 2 heterocycles. The Hall–Kier alpha value is -4.80. The lowest BCUT2D eigenvalue weighted by Crippen LogP contribution is -2.42. The van der Waals surface area contributed by atoms with E-state index in [0.717, 1.165) is 14.0 Å². The van der Waals surface area contributed by atoms with E-state index in [2.05, 4.69) is 0 Å². The van der Waals surface area contributed by atoms with Gasteiger partial charge in [-0.3, -0.25) is 33.2 Å². The fourth-order valence-electron chi connectivity index (χ4n) is 3.77. The Labute approximate surface area is 198 Å². The maximum atomic E-state index is 12.6. The monoisotopic (exact) mass is 476 g/mol. The first kappa shape index (κ1) is 23.4. The number of ketones is 1. The third-order valence-electron chi connectivity index (χ3n) is 5.70. The summed E-state index contributed by atoms with van der Waals surface area (Å²) < 4.78 is 6.73. The van der Waals surface area contributed by atoms with E-state index in [4.69, 9.17) is 10.5 Å². The summed E-state index contributed by atoms with van der Waals surface area (Å²) in [5.74, 6) is -2.92. The molecule has 0 bridgehead atoms. The molecule has 1 aromatic heterocycles. The number of nitrogens with two attached hydrogens (primary N) is 1. The minimum absolute atomic E-state index is 0.0585. The van der Waals surface area contributed by atoms with E-state index in [0.29, 0.717) is 16.7 Å². The van der Waals surface area contributed by atoms with Crippen molar-refractivity contribution in [2.24, 2.45) is 14.1 Å². The van der Waals surface area contributed by atoms with Gasteiger partial charge in [0.05, 0.1) is 23.2 Å². The van der Waals surface area contributed by atoms with Crippen LogP contribution in [0, 0.1) is 0 Å². The number of esters is 1. The normalized spacial score (nSPS) is 12.6. The van der Waals surface area contributed by atoms with Gasteiger partial charge in [0, 0.05) is 14.1 Å². The maximum Gasteiger partial charge on any atom is 0.338 e. The summed E-state index contributed by atoms with van der Waals surface area (Å²) in [5, 5.41) is 0. The van der Waals surface area contributed by atoms with Crippen LogP contribution >= 0.6 is 0 Å². The van der Waals surface area contributed by atoms with Crippen molar-refractivity contribution in [3.63, 3.8) is 0 Å². The largest absolute Gasteiger partial charge is 0.454 e. The van der Waals surface area contributed by atoms with Crippen molar-refractivity contribution < 1.29 is 23.9 Å². The highest BCUT2D eigenvalue weighted by Crippen LogP contribution is 2.24. The molecule has 2 amide bonds. The van der Waals surface area contributed by atoms with Gasteiger partial charge in [-0.1, -0.05) is 24.3 Å². The average Bonchev–Trinajstić information content (AvgIpc) is 3.10. The second kappa shape index (κ2) is 8.86. The van der Waals surface area contributed by atoms with E-state index < -0.39 is 47.0 Å². The van der Waals surface area contributed by atoms with Crippen LogP contribution in [0.5, 0.6) is 0 Å². The number of imide groups is 1. The van der Waals surface area contributed by atoms with Crippen LogP contribution in [0.1, 0.15) is 47.0 Å². The summed E-state index contributed by atoms with van der Waals surface area (Å²) >= 11 is 0. The van der Waals surface area contributed by atoms with Gasteiger partial charge < -0.3 is 10.5 Å². The highest BCUT2D eigenvalue weighted by Gasteiger charge is 2.35. The lowest BCUT2D eigenvalue weighted by Gasteiger charge is -2.14. The third kappa shape index (κ3) is 4.03. The van der Waals surface area contributed by atoms with Gasteiger partial charge in [-0.2, -0.15) is 0 Å². The van der Waals surface area contributed by atoms with Gasteiger partial charge in [0.15, 0.2) is 6.61 Å². The highest BCUT2D eigenvalue weighted by molar-refractivity contribution is 6.21. The number of rotatable bonds is 6. The molecular weight excluding hydrogens is 456 g/mol. The molecular formula is C24H20N4O7. The molecule has 178 valence electrons. The summed E-state index contributed by atoms with van der Waals surface area (Å²) in [6.45, 7) is -0.837. The lowest BCUT2D eigenvalue weighted by molar-refractivity contribution is 0.0474. The number of carbonyl (C=O) groups is 4. The first-order valence-corrected chi connectivity index (χ1v) is 10.4. The molecule has 0 saturated carbocycles. The highest BCUT2D eigenvalue weighted by atomic mass is 16.5. The summed E-state index contributed by atoms with van der Waals surface area (Å²) in [4.78, 5) is 75.6.